The number of thioether (sulfide) groups is 1. The van der Waals surface area contributed by atoms with Crippen molar-refractivity contribution in [2.45, 2.75) is 37.9 Å². The zero-order valence-electron chi connectivity index (χ0n) is 9.78. The van der Waals surface area contributed by atoms with Crippen molar-refractivity contribution in [3.8, 4) is 0 Å². The Morgan fingerprint density at radius 3 is 3.19 bits per heavy atom. The van der Waals surface area contributed by atoms with E-state index in [2.05, 4.69) is 22.2 Å². The first-order chi connectivity index (χ1) is 7.90. The molecule has 1 aromatic rings. The first kappa shape index (κ1) is 11.7. The molecule has 2 heterocycles. The Bertz CT molecular complexity index is 324. The molecule has 4 heteroatoms. The fourth-order valence-corrected chi connectivity index (χ4v) is 3.08. The van der Waals surface area contributed by atoms with Crippen LogP contribution in [0.25, 0.3) is 0 Å². The van der Waals surface area contributed by atoms with Crippen molar-refractivity contribution in [2.24, 2.45) is 0 Å². The third-order valence-corrected chi connectivity index (χ3v) is 4.07. The van der Waals surface area contributed by atoms with E-state index in [4.69, 9.17) is 0 Å². The summed E-state index contributed by atoms with van der Waals surface area (Å²) in [5, 5.41) is 3.82. The van der Waals surface area contributed by atoms with Crippen LogP contribution >= 0.6 is 11.8 Å². The molecule has 3 nitrogen and oxygen atoms in total. The molecule has 1 saturated heterocycles. The van der Waals surface area contributed by atoms with Crippen molar-refractivity contribution in [3.05, 3.63) is 18.1 Å². The molecular formula is C12H19N3S. The Hall–Kier alpha value is -0.770. The van der Waals surface area contributed by atoms with Gasteiger partial charge in [-0.1, -0.05) is 13.3 Å². The molecule has 0 saturated carbocycles. The SMILES string of the molecule is CCCNc1ccnc(C2CCCCS2)n1. The van der Waals surface area contributed by atoms with Crippen molar-refractivity contribution < 1.29 is 0 Å². The molecule has 1 fully saturated rings. The quantitative estimate of drug-likeness (QED) is 0.872. The van der Waals surface area contributed by atoms with Gasteiger partial charge in [-0.2, -0.15) is 11.8 Å². The summed E-state index contributed by atoms with van der Waals surface area (Å²) in [6, 6.07) is 1.95. The average molecular weight is 237 g/mol. The molecule has 0 aromatic carbocycles. The van der Waals surface area contributed by atoms with E-state index in [0.29, 0.717) is 5.25 Å². The van der Waals surface area contributed by atoms with E-state index >= 15 is 0 Å². The molecule has 1 N–H and O–H groups in total. The van der Waals surface area contributed by atoms with Crippen LogP contribution in [-0.4, -0.2) is 22.3 Å². The molecule has 0 aliphatic carbocycles. The maximum atomic E-state index is 4.59. The van der Waals surface area contributed by atoms with E-state index in [1.807, 2.05) is 24.0 Å². The highest BCUT2D eigenvalue weighted by molar-refractivity contribution is 7.99. The summed E-state index contributed by atoms with van der Waals surface area (Å²) >= 11 is 2.00. The predicted molar refractivity (Wildman–Crippen MR) is 69.9 cm³/mol. The molecule has 1 aliphatic rings. The molecule has 1 aliphatic heterocycles. The molecule has 0 spiro atoms. The van der Waals surface area contributed by atoms with E-state index in [0.717, 1.165) is 24.6 Å². The molecule has 2 rings (SSSR count). The van der Waals surface area contributed by atoms with Crippen LogP contribution in [0.3, 0.4) is 0 Å². The molecule has 88 valence electrons. The maximum Gasteiger partial charge on any atom is 0.143 e. The first-order valence-corrected chi connectivity index (χ1v) is 7.13. The minimum atomic E-state index is 0.511. The Balaban J connectivity index is 2.02. The minimum absolute atomic E-state index is 0.511. The van der Waals surface area contributed by atoms with Gasteiger partial charge >= 0.3 is 0 Å². The van der Waals surface area contributed by atoms with Gasteiger partial charge in [0, 0.05) is 12.7 Å². The van der Waals surface area contributed by atoms with Crippen LogP contribution in [0.1, 0.15) is 43.7 Å². The fraction of sp³-hybridized carbons (Fsp3) is 0.667. The number of nitrogens with one attached hydrogen (secondary N) is 1. The third-order valence-electron chi connectivity index (χ3n) is 2.70. The van der Waals surface area contributed by atoms with Crippen LogP contribution in [0.2, 0.25) is 0 Å². The van der Waals surface area contributed by atoms with Gasteiger partial charge in [-0.25, -0.2) is 9.97 Å². The lowest BCUT2D eigenvalue weighted by Crippen LogP contribution is -2.09. The Labute approximate surface area is 101 Å². The number of hydrogen-bond donors (Lipinski definition) is 1. The highest BCUT2D eigenvalue weighted by Gasteiger charge is 2.18. The zero-order chi connectivity index (χ0) is 11.2. The van der Waals surface area contributed by atoms with Crippen LogP contribution in [0.5, 0.6) is 0 Å². The first-order valence-electron chi connectivity index (χ1n) is 6.08. The second-order valence-corrected chi connectivity index (χ2v) is 5.39. The molecular weight excluding hydrogens is 218 g/mol. The van der Waals surface area contributed by atoms with Gasteiger partial charge < -0.3 is 5.32 Å². The summed E-state index contributed by atoms with van der Waals surface area (Å²) in [4.78, 5) is 8.99. The van der Waals surface area contributed by atoms with E-state index in [1.54, 1.807) is 0 Å². The van der Waals surface area contributed by atoms with Gasteiger partial charge in [-0.15, -0.1) is 0 Å². The summed E-state index contributed by atoms with van der Waals surface area (Å²) in [6.45, 7) is 3.14. The zero-order valence-corrected chi connectivity index (χ0v) is 10.6. The second kappa shape index (κ2) is 6.09. The topological polar surface area (TPSA) is 37.8 Å². The highest BCUT2D eigenvalue weighted by Crippen LogP contribution is 2.36. The van der Waals surface area contributed by atoms with Crippen LogP contribution in [0, 0.1) is 0 Å². The normalized spacial score (nSPS) is 20.7. The summed E-state index contributed by atoms with van der Waals surface area (Å²) in [7, 11) is 0. The largest absolute Gasteiger partial charge is 0.370 e. The van der Waals surface area contributed by atoms with E-state index in [1.165, 1.54) is 25.0 Å². The molecule has 1 unspecified atom stereocenters. The maximum absolute atomic E-state index is 4.59. The molecule has 0 radical (unpaired) electrons. The standard InChI is InChI=1S/C12H19N3S/c1-2-7-13-11-6-8-14-12(15-11)10-5-3-4-9-16-10/h6,8,10H,2-5,7,9H2,1H3,(H,13,14,15). The molecule has 1 aromatic heterocycles. The predicted octanol–water partition coefficient (Wildman–Crippen LogP) is 3.26. The van der Waals surface area contributed by atoms with Gasteiger partial charge in [0.05, 0.1) is 5.25 Å². The van der Waals surface area contributed by atoms with Crippen LogP contribution in [0.15, 0.2) is 12.3 Å². The van der Waals surface area contributed by atoms with E-state index in [9.17, 15) is 0 Å². The summed E-state index contributed by atoms with van der Waals surface area (Å²) in [5.74, 6) is 3.23. The van der Waals surface area contributed by atoms with Crippen LogP contribution in [0.4, 0.5) is 5.82 Å². The number of hydrogen-bond acceptors (Lipinski definition) is 4. The second-order valence-electron chi connectivity index (χ2n) is 4.08. The van der Waals surface area contributed by atoms with E-state index in [-0.39, 0.29) is 0 Å². The molecule has 16 heavy (non-hydrogen) atoms. The van der Waals surface area contributed by atoms with E-state index < -0.39 is 0 Å². The van der Waals surface area contributed by atoms with Crippen molar-refractivity contribution >= 4 is 17.6 Å². The Morgan fingerprint density at radius 2 is 2.44 bits per heavy atom. The Morgan fingerprint density at radius 1 is 1.50 bits per heavy atom. The monoisotopic (exact) mass is 237 g/mol. The summed E-state index contributed by atoms with van der Waals surface area (Å²) in [5.41, 5.74) is 0. The summed E-state index contributed by atoms with van der Waals surface area (Å²) < 4.78 is 0. The van der Waals surface area contributed by atoms with Gasteiger partial charge in [-0.05, 0) is 31.1 Å². The lowest BCUT2D eigenvalue weighted by molar-refractivity contribution is 0.662. The fourth-order valence-electron chi connectivity index (χ4n) is 1.82. The Kier molecular flexibility index (Phi) is 4.45. The smallest absolute Gasteiger partial charge is 0.143 e. The minimum Gasteiger partial charge on any atom is -0.370 e. The van der Waals surface area contributed by atoms with Crippen molar-refractivity contribution in [1.82, 2.24) is 9.97 Å². The van der Waals surface area contributed by atoms with Crippen molar-refractivity contribution in [2.75, 3.05) is 17.6 Å². The number of rotatable bonds is 4. The third kappa shape index (κ3) is 3.11. The van der Waals surface area contributed by atoms with Gasteiger partial charge in [0.25, 0.3) is 0 Å². The van der Waals surface area contributed by atoms with Gasteiger partial charge in [0.1, 0.15) is 11.6 Å². The van der Waals surface area contributed by atoms with Crippen LogP contribution < -0.4 is 5.32 Å². The molecule has 0 amide bonds. The van der Waals surface area contributed by atoms with Gasteiger partial charge in [0.15, 0.2) is 0 Å². The highest BCUT2D eigenvalue weighted by atomic mass is 32.2. The number of anilines is 1. The average Bonchev–Trinajstić information content (AvgIpc) is 2.38. The van der Waals surface area contributed by atoms with Crippen molar-refractivity contribution in [1.29, 1.82) is 0 Å². The molecule has 1 atom stereocenters. The lowest BCUT2D eigenvalue weighted by atomic mass is 10.2. The lowest BCUT2D eigenvalue weighted by Gasteiger charge is -2.20. The van der Waals surface area contributed by atoms with Crippen LogP contribution in [-0.2, 0) is 0 Å². The van der Waals surface area contributed by atoms with Gasteiger partial charge in [-0.3, -0.25) is 0 Å². The number of aromatic nitrogens is 2. The number of nitrogens with zero attached hydrogens (tertiary/aromatic N) is 2. The summed E-state index contributed by atoms with van der Waals surface area (Å²) in [6.07, 6.45) is 6.87. The van der Waals surface area contributed by atoms with Crippen molar-refractivity contribution in [3.63, 3.8) is 0 Å². The van der Waals surface area contributed by atoms with Gasteiger partial charge in [0.2, 0.25) is 0 Å². The molecule has 0 bridgehead atoms.